The van der Waals surface area contributed by atoms with Gasteiger partial charge in [0, 0.05) is 10.0 Å². The summed E-state index contributed by atoms with van der Waals surface area (Å²) in [7, 11) is 1.27. The molecule has 98 valence electrons. The Bertz CT molecular complexity index is 488. The number of benzene rings is 1. The van der Waals surface area contributed by atoms with Crippen LogP contribution < -0.4 is 5.32 Å². The van der Waals surface area contributed by atoms with E-state index in [-0.39, 0.29) is 5.91 Å². The minimum atomic E-state index is -1.09. The maximum absolute atomic E-state index is 12.0. The second-order valence-corrected chi connectivity index (χ2v) is 5.46. The van der Waals surface area contributed by atoms with E-state index in [1.807, 2.05) is 0 Å². The Kier molecular flexibility index (Phi) is 4.76. The second kappa shape index (κ2) is 5.71. The van der Waals surface area contributed by atoms with Gasteiger partial charge >= 0.3 is 5.97 Å². The smallest absolute Gasteiger partial charge is 0.330 e. The molecule has 0 radical (unpaired) electrons. The lowest BCUT2D eigenvalue weighted by atomic mass is 10.1. The predicted octanol–water partition coefficient (Wildman–Crippen LogP) is 2.78. The van der Waals surface area contributed by atoms with E-state index < -0.39 is 11.5 Å². The van der Waals surface area contributed by atoms with Crippen molar-refractivity contribution in [3.63, 3.8) is 0 Å². The largest absolute Gasteiger partial charge is 0.467 e. The highest BCUT2D eigenvalue weighted by molar-refractivity contribution is 9.10. The van der Waals surface area contributed by atoms with Gasteiger partial charge in [-0.1, -0.05) is 11.6 Å². The summed E-state index contributed by atoms with van der Waals surface area (Å²) >= 11 is 9.14. The van der Waals surface area contributed by atoms with Crippen molar-refractivity contribution in [2.75, 3.05) is 7.11 Å². The fourth-order valence-corrected chi connectivity index (χ4v) is 1.73. The van der Waals surface area contributed by atoms with Crippen molar-refractivity contribution in [1.82, 2.24) is 5.32 Å². The summed E-state index contributed by atoms with van der Waals surface area (Å²) in [6, 6.07) is 4.80. The highest BCUT2D eigenvalue weighted by atomic mass is 79.9. The van der Waals surface area contributed by atoms with E-state index in [4.69, 9.17) is 11.6 Å². The third-order valence-corrected chi connectivity index (χ3v) is 3.54. The van der Waals surface area contributed by atoms with Gasteiger partial charge in [-0.3, -0.25) is 4.79 Å². The van der Waals surface area contributed by atoms with Crippen LogP contribution in [0.15, 0.2) is 22.7 Å². The topological polar surface area (TPSA) is 55.4 Å². The Labute approximate surface area is 119 Å². The van der Waals surface area contributed by atoms with Crippen LogP contribution in [-0.2, 0) is 9.53 Å². The molecular weight excluding hydrogens is 321 g/mol. The van der Waals surface area contributed by atoms with Gasteiger partial charge in [0.2, 0.25) is 0 Å². The van der Waals surface area contributed by atoms with Gasteiger partial charge in [-0.25, -0.2) is 4.79 Å². The van der Waals surface area contributed by atoms with Crippen molar-refractivity contribution in [2.24, 2.45) is 0 Å². The van der Waals surface area contributed by atoms with Crippen molar-refractivity contribution in [1.29, 1.82) is 0 Å². The number of ether oxygens (including phenoxy) is 1. The maximum atomic E-state index is 12.0. The van der Waals surface area contributed by atoms with Gasteiger partial charge in [0.25, 0.3) is 5.91 Å². The first-order chi connectivity index (χ1) is 8.27. The molecule has 4 nitrogen and oxygen atoms in total. The second-order valence-electron chi connectivity index (χ2n) is 4.20. The van der Waals surface area contributed by atoms with Crippen LogP contribution >= 0.6 is 27.5 Å². The lowest BCUT2D eigenvalue weighted by molar-refractivity contribution is -0.146. The van der Waals surface area contributed by atoms with Gasteiger partial charge in [-0.05, 0) is 48.0 Å². The first-order valence-corrected chi connectivity index (χ1v) is 6.31. The summed E-state index contributed by atoms with van der Waals surface area (Å²) in [5.41, 5.74) is -0.717. The number of amides is 1. The van der Waals surface area contributed by atoms with Crippen LogP contribution in [0.1, 0.15) is 24.2 Å². The third kappa shape index (κ3) is 3.46. The average Bonchev–Trinajstić information content (AvgIpc) is 2.30. The fraction of sp³-hybridized carbons (Fsp3) is 0.333. The molecule has 0 aromatic heterocycles. The number of carbonyl (C=O) groups excluding carboxylic acids is 2. The monoisotopic (exact) mass is 333 g/mol. The van der Waals surface area contributed by atoms with Crippen molar-refractivity contribution < 1.29 is 14.3 Å². The van der Waals surface area contributed by atoms with E-state index in [0.717, 1.165) is 0 Å². The van der Waals surface area contributed by atoms with Crippen molar-refractivity contribution >= 4 is 39.4 Å². The Balaban J connectivity index is 2.89. The van der Waals surface area contributed by atoms with E-state index in [2.05, 4.69) is 26.0 Å². The van der Waals surface area contributed by atoms with Crippen molar-refractivity contribution in [3.8, 4) is 0 Å². The minimum absolute atomic E-state index is 0.375. The Morgan fingerprint density at radius 3 is 2.50 bits per heavy atom. The van der Waals surface area contributed by atoms with Crippen LogP contribution in [0.25, 0.3) is 0 Å². The highest BCUT2D eigenvalue weighted by Crippen LogP contribution is 2.23. The fourth-order valence-electron chi connectivity index (χ4n) is 1.30. The van der Waals surface area contributed by atoms with E-state index >= 15 is 0 Å². The van der Waals surface area contributed by atoms with E-state index in [0.29, 0.717) is 15.1 Å². The van der Waals surface area contributed by atoms with E-state index in [9.17, 15) is 9.59 Å². The average molecular weight is 335 g/mol. The first kappa shape index (κ1) is 15.0. The molecule has 0 aliphatic rings. The van der Waals surface area contributed by atoms with Crippen LogP contribution in [0.3, 0.4) is 0 Å². The van der Waals surface area contributed by atoms with E-state index in [1.54, 1.807) is 26.0 Å². The van der Waals surface area contributed by atoms with Gasteiger partial charge < -0.3 is 10.1 Å². The molecule has 1 aromatic rings. The first-order valence-electron chi connectivity index (χ1n) is 5.14. The normalized spacial score (nSPS) is 10.9. The number of halogens is 2. The molecule has 0 heterocycles. The summed E-state index contributed by atoms with van der Waals surface area (Å²) in [6.07, 6.45) is 0. The highest BCUT2D eigenvalue weighted by Gasteiger charge is 2.30. The molecule has 0 fully saturated rings. The van der Waals surface area contributed by atoms with Crippen LogP contribution in [-0.4, -0.2) is 24.5 Å². The van der Waals surface area contributed by atoms with Crippen molar-refractivity contribution in [3.05, 3.63) is 33.3 Å². The number of methoxy groups -OCH3 is 1. The SMILES string of the molecule is COC(=O)C(C)(C)NC(=O)c1ccc(Br)c(Cl)c1. The Hall–Kier alpha value is -1.07. The molecule has 0 saturated heterocycles. The minimum Gasteiger partial charge on any atom is -0.467 e. The number of nitrogens with one attached hydrogen (secondary N) is 1. The van der Waals surface area contributed by atoms with Crippen molar-refractivity contribution in [2.45, 2.75) is 19.4 Å². The van der Waals surface area contributed by atoms with Crippen LogP contribution in [0.2, 0.25) is 5.02 Å². The van der Waals surface area contributed by atoms with E-state index in [1.165, 1.54) is 13.2 Å². The van der Waals surface area contributed by atoms with Gasteiger partial charge in [-0.15, -0.1) is 0 Å². The zero-order chi connectivity index (χ0) is 13.9. The zero-order valence-corrected chi connectivity index (χ0v) is 12.6. The molecule has 1 amide bonds. The molecule has 18 heavy (non-hydrogen) atoms. The van der Waals surface area contributed by atoms with Crippen LogP contribution in [0, 0.1) is 0 Å². The number of hydrogen-bond acceptors (Lipinski definition) is 3. The molecule has 0 aliphatic heterocycles. The molecule has 1 N–H and O–H groups in total. The molecule has 0 unspecified atom stereocenters. The van der Waals surface area contributed by atoms with Gasteiger partial charge in [-0.2, -0.15) is 0 Å². The molecule has 6 heteroatoms. The molecule has 0 saturated carbocycles. The maximum Gasteiger partial charge on any atom is 0.330 e. The molecule has 0 aliphatic carbocycles. The predicted molar refractivity (Wildman–Crippen MR) is 72.7 cm³/mol. The number of carbonyl (C=O) groups is 2. The lowest BCUT2D eigenvalue weighted by Gasteiger charge is -2.23. The quantitative estimate of drug-likeness (QED) is 0.865. The third-order valence-electron chi connectivity index (χ3n) is 2.30. The van der Waals surface area contributed by atoms with Gasteiger partial charge in [0.1, 0.15) is 5.54 Å². The summed E-state index contributed by atoms with van der Waals surface area (Å²) in [6.45, 7) is 3.13. The molecular formula is C12H13BrClNO3. The standard InChI is InChI=1S/C12H13BrClNO3/c1-12(2,11(17)18-3)15-10(16)7-4-5-8(13)9(14)6-7/h4-6H,1-3H3,(H,15,16). The number of esters is 1. The lowest BCUT2D eigenvalue weighted by Crippen LogP contribution is -2.50. The number of rotatable bonds is 3. The van der Waals surface area contributed by atoms with Gasteiger partial charge in [0.05, 0.1) is 12.1 Å². The van der Waals surface area contributed by atoms with Crippen LogP contribution in [0.5, 0.6) is 0 Å². The Morgan fingerprint density at radius 2 is 2.00 bits per heavy atom. The number of hydrogen-bond donors (Lipinski definition) is 1. The molecule has 1 aromatic carbocycles. The molecule has 0 bridgehead atoms. The summed E-state index contributed by atoms with van der Waals surface area (Å²) in [5, 5.41) is 3.01. The summed E-state index contributed by atoms with van der Waals surface area (Å²) < 4.78 is 5.31. The zero-order valence-electron chi connectivity index (χ0n) is 10.2. The summed E-state index contributed by atoms with van der Waals surface area (Å²) in [5.74, 6) is -0.904. The molecule has 1 rings (SSSR count). The van der Waals surface area contributed by atoms with Gasteiger partial charge in [0.15, 0.2) is 0 Å². The Morgan fingerprint density at radius 1 is 1.39 bits per heavy atom. The molecule has 0 atom stereocenters. The molecule has 0 spiro atoms. The summed E-state index contributed by atoms with van der Waals surface area (Å²) in [4.78, 5) is 23.4. The van der Waals surface area contributed by atoms with Crippen LogP contribution in [0.4, 0.5) is 0 Å².